The van der Waals surface area contributed by atoms with Crippen LogP contribution in [0.15, 0.2) is 23.9 Å². The second-order valence-corrected chi connectivity index (χ2v) is 4.57. The molecule has 3 rings (SSSR count). The lowest BCUT2D eigenvalue weighted by Crippen LogP contribution is -2.42. The van der Waals surface area contributed by atoms with Crippen LogP contribution >= 0.6 is 0 Å². The minimum Gasteiger partial charge on any atom is -0.258 e. The number of benzene rings is 1. The molecule has 1 unspecified atom stereocenters. The number of allylic oxidation sites excluding steroid dienone is 2. The van der Waals surface area contributed by atoms with Crippen LogP contribution in [0.25, 0.3) is 16.7 Å². The van der Waals surface area contributed by atoms with E-state index in [1.807, 2.05) is 0 Å². The topological polar surface area (TPSA) is 108 Å². The summed E-state index contributed by atoms with van der Waals surface area (Å²) in [6, 6.07) is 3.75. The molecule has 0 aliphatic carbocycles. The maximum atomic E-state index is 11.1. The van der Waals surface area contributed by atoms with Crippen molar-refractivity contribution >= 4 is 22.4 Å². The van der Waals surface area contributed by atoms with Gasteiger partial charge in [-0.05, 0) is 18.6 Å². The van der Waals surface area contributed by atoms with E-state index in [0.29, 0.717) is 16.7 Å². The average Bonchev–Trinajstić information content (AvgIpc) is 2.85. The fourth-order valence-electron chi connectivity index (χ4n) is 2.56. The maximum absolute atomic E-state index is 11.1. The molecule has 0 bridgehead atoms. The molecule has 2 heterocycles. The summed E-state index contributed by atoms with van der Waals surface area (Å²) in [6.45, 7) is 3.28. The Bertz CT molecular complexity index is 806. The Labute approximate surface area is 112 Å². The Balaban J connectivity index is 2.29. The van der Waals surface area contributed by atoms with E-state index < -0.39 is 15.9 Å². The first-order valence-electron chi connectivity index (χ1n) is 5.86. The Morgan fingerprint density at radius 2 is 2.00 bits per heavy atom. The van der Waals surface area contributed by atoms with Crippen molar-refractivity contribution < 1.29 is 14.5 Å². The fraction of sp³-hybridized carbons (Fsp3) is 0.273. The molecule has 1 aromatic carbocycles. The van der Waals surface area contributed by atoms with Gasteiger partial charge in [0.15, 0.2) is 5.70 Å². The first-order valence-corrected chi connectivity index (χ1v) is 5.86. The molecular formula is C11H10N5O4+. The molecule has 2 aromatic rings. The Morgan fingerprint density at radius 3 is 2.60 bits per heavy atom. The van der Waals surface area contributed by atoms with Crippen LogP contribution in [0.5, 0.6) is 0 Å². The first-order chi connectivity index (χ1) is 9.41. The van der Waals surface area contributed by atoms with Gasteiger partial charge >= 0.3 is 5.70 Å². The molecular weight excluding hydrogens is 266 g/mol. The highest BCUT2D eigenvalue weighted by molar-refractivity contribution is 5.74. The lowest BCUT2D eigenvalue weighted by Gasteiger charge is -1.99. The molecule has 20 heavy (non-hydrogen) atoms. The van der Waals surface area contributed by atoms with E-state index in [1.54, 1.807) is 18.5 Å². The zero-order chi connectivity index (χ0) is 14.6. The molecule has 1 aliphatic heterocycles. The molecule has 1 aromatic heterocycles. The predicted molar refractivity (Wildman–Crippen MR) is 67.2 cm³/mol. The SMILES string of the molecule is CC1=C([N+](=O)[O-])C(C)[n+]2c3cc([N+](=O)[O-])ccc3nn21. The molecule has 0 fully saturated rings. The van der Waals surface area contributed by atoms with Gasteiger partial charge in [-0.1, -0.05) is 0 Å². The van der Waals surface area contributed by atoms with E-state index in [2.05, 4.69) is 5.10 Å². The van der Waals surface area contributed by atoms with Crippen molar-refractivity contribution in [3.63, 3.8) is 0 Å². The second-order valence-electron chi connectivity index (χ2n) is 4.57. The molecule has 0 radical (unpaired) electrons. The highest BCUT2D eigenvalue weighted by atomic mass is 16.6. The Kier molecular flexibility index (Phi) is 2.33. The lowest BCUT2D eigenvalue weighted by atomic mass is 10.2. The molecule has 0 saturated carbocycles. The Morgan fingerprint density at radius 1 is 1.30 bits per heavy atom. The summed E-state index contributed by atoms with van der Waals surface area (Å²) in [4.78, 5) is 22.4. The van der Waals surface area contributed by atoms with Crippen LogP contribution in [0.3, 0.4) is 0 Å². The highest BCUT2D eigenvalue weighted by Gasteiger charge is 2.43. The van der Waals surface area contributed by atoms with Crippen molar-refractivity contribution in [2.45, 2.75) is 19.9 Å². The van der Waals surface area contributed by atoms with E-state index in [9.17, 15) is 20.2 Å². The zero-order valence-electron chi connectivity index (χ0n) is 10.7. The van der Waals surface area contributed by atoms with Crippen molar-refractivity contribution in [2.24, 2.45) is 0 Å². The van der Waals surface area contributed by atoms with E-state index in [4.69, 9.17) is 0 Å². The summed E-state index contributed by atoms with van der Waals surface area (Å²) < 4.78 is 1.59. The van der Waals surface area contributed by atoms with Gasteiger partial charge in [-0.3, -0.25) is 20.2 Å². The molecule has 1 aliphatic rings. The number of nitro benzene ring substituents is 1. The first kappa shape index (κ1) is 12.2. The molecule has 0 N–H and O–H groups in total. The predicted octanol–water partition coefficient (Wildman–Crippen LogP) is 1.27. The molecule has 9 heteroatoms. The number of non-ortho nitro benzene ring substituents is 1. The van der Waals surface area contributed by atoms with Gasteiger partial charge in [0, 0.05) is 12.1 Å². The summed E-state index contributed by atoms with van der Waals surface area (Å²) in [5, 5.41) is 26.2. The number of aromatic nitrogens is 3. The number of rotatable bonds is 2. The van der Waals surface area contributed by atoms with Gasteiger partial charge in [-0.25, -0.2) is 0 Å². The van der Waals surface area contributed by atoms with Gasteiger partial charge in [-0.2, -0.15) is 0 Å². The summed E-state index contributed by atoms with van der Waals surface area (Å²) in [5.74, 6) is 0. The van der Waals surface area contributed by atoms with Gasteiger partial charge in [0.2, 0.25) is 17.1 Å². The molecule has 9 nitrogen and oxygen atoms in total. The number of hydrogen-bond acceptors (Lipinski definition) is 5. The number of hydrogen-bond donors (Lipinski definition) is 0. The highest BCUT2D eigenvalue weighted by Crippen LogP contribution is 2.28. The van der Waals surface area contributed by atoms with Crippen LogP contribution in [-0.4, -0.2) is 19.7 Å². The Hall–Kier alpha value is -2.84. The van der Waals surface area contributed by atoms with E-state index in [0.717, 1.165) is 0 Å². The molecule has 0 saturated heterocycles. The maximum Gasteiger partial charge on any atom is 0.319 e. The summed E-state index contributed by atoms with van der Waals surface area (Å²) in [7, 11) is 0. The molecule has 102 valence electrons. The van der Waals surface area contributed by atoms with Crippen molar-refractivity contribution in [1.29, 1.82) is 0 Å². The van der Waals surface area contributed by atoms with Gasteiger partial charge in [0.1, 0.15) is 0 Å². The third kappa shape index (κ3) is 1.43. The number of nitrogens with zero attached hydrogens (tertiary/aromatic N) is 5. The average molecular weight is 276 g/mol. The molecule has 0 amide bonds. The fourth-order valence-corrected chi connectivity index (χ4v) is 2.56. The van der Waals surface area contributed by atoms with Crippen LogP contribution in [0.4, 0.5) is 5.69 Å². The van der Waals surface area contributed by atoms with Crippen molar-refractivity contribution in [1.82, 2.24) is 9.90 Å². The largest absolute Gasteiger partial charge is 0.319 e. The van der Waals surface area contributed by atoms with Crippen LogP contribution in [0.1, 0.15) is 19.9 Å². The number of fused-ring (bicyclic) bond motifs is 3. The quantitative estimate of drug-likeness (QED) is 0.466. The zero-order valence-corrected chi connectivity index (χ0v) is 10.7. The van der Waals surface area contributed by atoms with Gasteiger partial charge in [-0.15, -0.1) is 4.68 Å². The van der Waals surface area contributed by atoms with Gasteiger partial charge in [0.05, 0.1) is 21.0 Å². The minimum absolute atomic E-state index is 0.0471. The summed E-state index contributed by atoms with van der Waals surface area (Å²) in [6.07, 6.45) is 0. The van der Waals surface area contributed by atoms with Crippen LogP contribution in [-0.2, 0) is 0 Å². The number of nitro groups is 2. The second kappa shape index (κ2) is 3.83. The summed E-state index contributed by atoms with van der Waals surface area (Å²) >= 11 is 0. The van der Waals surface area contributed by atoms with Crippen LogP contribution in [0, 0.1) is 20.2 Å². The summed E-state index contributed by atoms with van der Waals surface area (Å²) in [5.41, 5.74) is 1.46. The normalized spacial score (nSPS) is 17.6. The third-order valence-electron chi connectivity index (χ3n) is 3.45. The van der Waals surface area contributed by atoms with Crippen molar-refractivity contribution in [3.8, 4) is 0 Å². The molecule has 0 spiro atoms. The molecule has 1 atom stereocenters. The van der Waals surface area contributed by atoms with E-state index in [-0.39, 0.29) is 11.4 Å². The van der Waals surface area contributed by atoms with E-state index in [1.165, 1.54) is 23.0 Å². The van der Waals surface area contributed by atoms with Crippen molar-refractivity contribution in [2.75, 3.05) is 0 Å². The van der Waals surface area contributed by atoms with Gasteiger partial charge in [0.25, 0.3) is 5.69 Å². The van der Waals surface area contributed by atoms with Crippen LogP contribution in [0.2, 0.25) is 0 Å². The monoisotopic (exact) mass is 276 g/mol. The van der Waals surface area contributed by atoms with Gasteiger partial charge < -0.3 is 0 Å². The van der Waals surface area contributed by atoms with Crippen molar-refractivity contribution in [3.05, 3.63) is 44.1 Å². The van der Waals surface area contributed by atoms with E-state index >= 15 is 0 Å². The smallest absolute Gasteiger partial charge is 0.258 e. The standard InChI is InChI=1S/C11H10N5O4/c1-6-11(16(19)20)7(2)14-12-9-4-3-8(15(17)18)5-10(9)13(6)14/h3-6H,1-2H3/q+1. The lowest BCUT2D eigenvalue weighted by molar-refractivity contribution is -0.762. The minimum atomic E-state index is -0.531. The third-order valence-corrected chi connectivity index (χ3v) is 3.45. The van der Waals surface area contributed by atoms with Crippen LogP contribution < -0.4 is 4.68 Å².